The van der Waals surface area contributed by atoms with Crippen LogP contribution in [0.3, 0.4) is 0 Å². The van der Waals surface area contributed by atoms with Crippen molar-refractivity contribution in [2.75, 3.05) is 5.32 Å². The Bertz CT molecular complexity index is 815. The number of allylic oxidation sites excluding steroid dienone is 2. The number of anilines is 1. The topological polar surface area (TPSA) is 12.0 Å². The summed E-state index contributed by atoms with van der Waals surface area (Å²) in [5.74, 6) is 0.649. The fraction of sp³-hybridized carbons (Fsp3) is 0.222. The zero-order valence-corrected chi connectivity index (χ0v) is 15.0. The van der Waals surface area contributed by atoms with Crippen molar-refractivity contribution in [3.05, 3.63) is 73.7 Å². The molecule has 0 bridgehead atoms. The molecule has 4 rings (SSSR count). The van der Waals surface area contributed by atoms with Gasteiger partial charge >= 0.3 is 0 Å². The Morgan fingerprint density at radius 2 is 1.78 bits per heavy atom. The molecule has 0 saturated heterocycles. The average molecular weight is 385 g/mol. The molecule has 2 aliphatic rings. The summed E-state index contributed by atoms with van der Waals surface area (Å²) in [5.41, 5.74) is 3.09. The lowest BCUT2D eigenvalue weighted by atomic mass is 9.77. The van der Waals surface area contributed by atoms with E-state index in [-0.39, 0.29) is 12.0 Å². The summed E-state index contributed by atoms with van der Waals surface area (Å²) in [5, 5.41) is 6.04. The molecular weight excluding hydrogens is 372 g/mol. The van der Waals surface area contributed by atoms with Crippen molar-refractivity contribution in [2.45, 2.75) is 18.4 Å². The van der Waals surface area contributed by atoms with Gasteiger partial charge in [0.15, 0.2) is 0 Å². The zero-order chi connectivity index (χ0) is 16.1. The van der Waals surface area contributed by atoms with E-state index in [1.165, 1.54) is 0 Å². The van der Waals surface area contributed by atoms with Gasteiger partial charge in [-0.1, -0.05) is 70.7 Å². The number of halogens is 4. The standard InChI is InChI=1S/C18H13Cl4N/c19-9-7-13-10-3-1-4-11(10)17(23-18(13)15(21)8-9)12-5-2-6-14(20)16(12)22/h1-3,5-8,10-11,17,23H,4H2/t10-,11-,17-/m0/s1. The van der Waals surface area contributed by atoms with Crippen molar-refractivity contribution in [3.8, 4) is 0 Å². The predicted molar refractivity (Wildman–Crippen MR) is 99.3 cm³/mol. The smallest absolute Gasteiger partial charge is 0.0655 e. The first kappa shape index (κ1) is 15.7. The van der Waals surface area contributed by atoms with E-state index < -0.39 is 0 Å². The molecule has 5 heteroatoms. The van der Waals surface area contributed by atoms with E-state index in [2.05, 4.69) is 17.5 Å². The molecule has 23 heavy (non-hydrogen) atoms. The molecule has 2 aromatic carbocycles. The molecule has 1 nitrogen and oxygen atoms in total. The van der Waals surface area contributed by atoms with Crippen molar-refractivity contribution >= 4 is 52.1 Å². The summed E-state index contributed by atoms with van der Waals surface area (Å²) < 4.78 is 0. The zero-order valence-electron chi connectivity index (χ0n) is 12.0. The molecule has 0 aromatic heterocycles. The summed E-state index contributed by atoms with van der Waals surface area (Å²) in [6.07, 6.45) is 5.43. The lowest BCUT2D eigenvalue weighted by Gasteiger charge is -2.38. The van der Waals surface area contributed by atoms with E-state index in [4.69, 9.17) is 46.4 Å². The Hall–Kier alpha value is -0.860. The Morgan fingerprint density at radius 3 is 2.61 bits per heavy atom. The van der Waals surface area contributed by atoms with Gasteiger partial charge in [-0.05, 0) is 41.7 Å². The molecule has 1 aliphatic carbocycles. The molecule has 1 heterocycles. The Balaban J connectivity index is 1.86. The van der Waals surface area contributed by atoms with Crippen LogP contribution in [-0.4, -0.2) is 0 Å². The van der Waals surface area contributed by atoms with Crippen LogP contribution in [0.25, 0.3) is 0 Å². The number of hydrogen-bond acceptors (Lipinski definition) is 1. The highest BCUT2D eigenvalue weighted by molar-refractivity contribution is 6.42. The molecule has 3 atom stereocenters. The summed E-state index contributed by atoms with van der Waals surface area (Å²) in [4.78, 5) is 0. The average Bonchev–Trinajstić information content (AvgIpc) is 3.00. The second kappa shape index (κ2) is 5.89. The van der Waals surface area contributed by atoms with Gasteiger partial charge in [0, 0.05) is 10.9 Å². The van der Waals surface area contributed by atoms with E-state index in [1.807, 2.05) is 18.2 Å². The van der Waals surface area contributed by atoms with Crippen molar-refractivity contribution in [1.82, 2.24) is 0 Å². The summed E-state index contributed by atoms with van der Waals surface area (Å²) in [7, 11) is 0. The third kappa shape index (κ3) is 2.55. The van der Waals surface area contributed by atoms with E-state index in [9.17, 15) is 0 Å². The van der Waals surface area contributed by atoms with Gasteiger partial charge in [0.2, 0.25) is 0 Å². The highest BCUT2D eigenvalue weighted by Crippen LogP contribution is 2.53. The molecule has 0 fully saturated rings. The van der Waals surface area contributed by atoms with Crippen molar-refractivity contribution in [1.29, 1.82) is 0 Å². The molecule has 2 aromatic rings. The number of fused-ring (bicyclic) bond motifs is 3. The Morgan fingerprint density at radius 1 is 0.957 bits per heavy atom. The van der Waals surface area contributed by atoms with E-state index in [1.54, 1.807) is 12.1 Å². The van der Waals surface area contributed by atoms with Crippen LogP contribution >= 0.6 is 46.4 Å². The first-order valence-electron chi connectivity index (χ1n) is 7.42. The van der Waals surface area contributed by atoms with Crippen LogP contribution in [0.5, 0.6) is 0 Å². The SMILES string of the molecule is Clc1cc(Cl)c2c(c1)[C@H]1C=CC[C@@H]1[C@@H](c1cccc(Cl)c1Cl)N2. The molecule has 0 unspecified atom stereocenters. The molecule has 118 valence electrons. The third-order valence-corrected chi connectivity index (χ3v) is 6.05. The van der Waals surface area contributed by atoms with Gasteiger partial charge in [-0.3, -0.25) is 0 Å². The molecule has 0 saturated carbocycles. The van der Waals surface area contributed by atoms with Crippen LogP contribution in [0.1, 0.15) is 29.5 Å². The van der Waals surface area contributed by atoms with Gasteiger partial charge < -0.3 is 5.32 Å². The third-order valence-electron chi connectivity index (χ3n) is 4.70. The van der Waals surface area contributed by atoms with Crippen LogP contribution in [0.4, 0.5) is 5.69 Å². The first-order chi connectivity index (χ1) is 11.1. The summed E-state index contributed by atoms with van der Waals surface area (Å²) >= 11 is 25.3. The van der Waals surface area contributed by atoms with Crippen LogP contribution in [0.15, 0.2) is 42.5 Å². The maximum Gasteiger partial charge on any atom is 0.0655 e. The quantitative estimate of drug-likeness (QED) is 0.515. The number of benzene rings is 2. The highest BCUT2D eigenvalue weighted by Gasteiger charge is 2.39. The van der Waals surface area contributed by atoms with Crippen LogP contribution in [-0.2, 0) is 0 Å². The van der Waals surface area contributed by atoms with Gasteiger partial charge in [-0.25, -0.2) is 0 Å². The largest absolute Gasteiger partial charge is 0.376 e. The van der Waals surface area contributed by atoms with Crippen molar-refractivity contribution < 1.29 is 0 Å². The van der Waals surface area contributed by atoms with Gasteiger partial charge in [0.1, 0.15) is 0 Å². The molecule has 1 N–H and O–H groups in total. The van der Waals surface area contributed by atoms with Crippen molar-refractivity contribution in [2.24, 2.45) is 5.92 Å². The van der Waals surface area contributed by atoms with E-state index in [0.717, 1.165) is 23.2 Å². The monoisotopic (exact) mass is 383 g/mol. The van der Waals surface area contributed by atoms with Crippen molar-refractivity contribution in [3.63, 3.8) is 0 Å². The van der Waals surface area contributed by atoms with Gasteiger partial charge in [-0.15, -0.1) is 0 Å². The normalized spacial score (nSPS) is 25.0. The second-order valence-corrected chi connectivity index (χ2v) is 7.60. The lowest BCUT2D eigenvalue weighted by molar-refractivity contribution is 0.426. The fourth-order valence-corrected chi connectivity index (χ4v) is 4.68. The fourth-order valence-electron chi connectivity index (χ4n) is 3.69. The Labute approximate surface area is 155 Å². The molecular formula is C18H13Cl4N. The number of hydrogen-bond donors (Lipinski definition) is 1. The minimum atomic E-state index is 0.0624. The molecule has 0 amide bonds. The molecule has 0 radical (unpaired) electrons. The van der Waals surface area contributed by atoms with Crippen LogP contribution in [0, 0.1) is 5.92 Å². The maximum absolute atomic E-state index is 6.46. The van der Waals surface area contributed by atoms with Crippen LogP contribution in [0.2, 0.25) is 20.1 Å². The lowest BCUT2D eigenvalue weighted by Crippen LogP contribution is -2.29. The summed E-state index contributed by atoms with van der Waals surface area (Å²) in [6, 6.07) is 9.59. The second-order valence-electron chi connectivity index (χ2n) is 5.97. The highest BCUT2D eigenvalue weighted by atomic mass is 35.5. The maximum atomic E-state index is 6.46. The summed E-state index contributed by atoms with van der Waals surface area (Å²) in [6.45, 7) is 0. The van der Waals surface area contributed by atoms with Gasteiger partial charge in [0.05, 0.1) is 26.8 Å². The van der Waals surface area contributed by atoms with Crippen LogP contribution < -0.4 is 5.32 Å². The molecule has 0 spiro atoms. The number of rotatable bonds is 1. The minimum Gasteiger partial charge on any atom is -0.376 e. The van der Waals surface area contributed by atoms with Gasteiger partial charge in [-0.2, -0.15) is 0 Å². The molecule has 1 aliphatic heterocycles. The number of nitrogens with one attached hydrogen (secondary N) is 1. The van der Waals surface area contributed by atoms with E-state index >= 15 is 0 Å². The van der Waals surface area contributed by atoms with Gasteiger partial charge in [0.25, 0.3) is 0 Å². The Kier molecular flexibility index (Phi) is 4.01. The first-order valence-corrected chi connectivity index (χ1v) is 8.93. The minimum absolute atomic E-state index is 0.0624. The van der Waals surface area contributed by atoms with E-state index in [0.29, 0.717) is 26.0 Å². The predicted octanol–water partition coefficient (Wildman–Crippen LogP) is 7.13.